The van der Waals surface area contributed by atoms with Crippen molar-refractivity contribution >= 4 is 17.2 Å². The molecule has 0 unspecified atom stereocenters. The molecule has 0 radical (unpaired) electrons. The van der Waals surface area contributed by atoms with Crippen molar-refractivity contribution in [2.75, 3.05) is 20.3 Å². The van der Waals surface area contributed by atoms with Gasteiger partial charge in [0, 0.05) is 38.5 Å². The molecule has 2 aromatic heterocycles. The Morgan fingerprint density at radius 2 is 2.21 bits per heavy atom. The molecule has 0 bridgehead atoms. The molecule has 0 atom stereocenters. The fourth-order valence-electron chi connectivity index (χ4n) is 3.04. The van der Waals surface area contributed by atoms with Crippen molar-refractivity contribution in [2.24, 2.45) is 7.05 Å². The monoisotopic (exact) mass is 347 g/mol. The van der Waals surface area contributed by atoms with Crippen LogP contribution in [-0.4, -0.2) is 40.8 Å². The number of amides is 1. The summed E-state index contributed by atoms with van der Waals surface area (Å²) in [6.45, 7) is 5.76. The van der Waals surface area contributed by atoms with Gasteiger partial charge < -0.3 is 9.64 Å². The first-order valence-electron chi connectivity index (χ1n) is 8.37. The van der Waals surface area contributed by atoms with Crippen LogP contribution in [0.5, 0.6) is 0 Å². The van der Waals surface area contributed by atoms with Crippen LogP contribution < -0.4 is 0 Å². The lowest BCUT2D eigenvalue weighted by Gasteiger charge is -2.23. The van der Waals surface area contributed by atoms with E-state index in [4.69, 9.17) is 4.74 Å². The quantitative estimate of drug-likeness (QED) is 0.772. The second kappa shape index (κ2) is 7.07. The van der Waals surface area contributed by atoms with E-state index >= 15 is 0 Å². The molecule has 0 saturated heterocycles. The highest BCUT2D eigenvalue weighted by molar-refractivity contribution is 7.12. The number of methoxy groups -OCH3 is 1. The topological polar surface area (TPSA) is 47.4 Å². The van der Waals surface area contributed by atoms with E-state index in [1.165, 1.54) is 18.4 Å². The normalized spacial score (nSPS) is 14.2. The van der Waals surface area contributed by atoms with Crippen molar-refractivity contribution in [2.45, 2.75) is 39.2 Å². The molecule has 0 spiro atoms. The number of carbonyl (C=O) groups is 1. The molecule has 0 N–H and O–H groups in total. The van der Waals surface area contributed by atoms with Gasteiger partial charge in [-0.1, -0.05) is 0 Å². The van der Waals surface area contributed by atoms with Gasteiger partial charge in [-0.3, -0.25) is 9.48 Å². The van der Waals surface area contributed by atoms with Crippen molar-refractivity contribution in [1.82, 2.24) is 14.7 Å². The summed E-state index contributed by atoms with van der Waals surface area (Å²) in [5.74, 6) is 0.702. The molecular formula is C18H25N3O2S. The van der Waals surface area contributed by atoms with Gasteiger partial charge in [0.15, 0.2) is 0 Å². The molecule has 1 aliphatic carbocycles. The van der Waals surface area contributed by atoms with Gasteiger partial charge in [-0.25, -0.2) is 0 Å². The molecule has 2 aromatic rings. The maximum atomic E-state index is 13.2. The van der Waals surface area contributed by atoms with Crippen LogP contribution in [0.2, 0.25) is 0 Å². The lowest BCUT2D eigenvalue weighted by atomic mass is 10.1. The predicted octanol–water partition coefficient (Wildman–Crippen LogP) is 3.26. The minimum atomic E-state index is 0.117. The number of carbonyl (C=O) groups excluding carboxylic acids is 1. The first-order chi connectivity index (χ1) is 11.5. The lowest BCUT2D eigenvalue weighted by Crippen LogP contribution is -2.33. The summed E-state index contributed by atoms with van der Waals surface area (Å²) in [6.07, 6.45) is 2.41. The molecule has 6 heteroatoms. The molecule has 5 nitrogen and oxygen atoms in total. The Morgan fingerprint density at radius 3 is 2.79 bits per heavy atom. The summed E-state index contributed by atoms with van der Waals surface area (Å²) in [7, 11) is 3.61. The van der Waals surface area contributed by atoms with Crippen molar-refractivity contribution in [1.29, 1.82) is 0 Å². The summed E-state index contributed by atoms with van der Waals surface area (Å²) in [5, 5.41) is 6.51. The third-order valence-electron chi connectivity index (χ3n) is 4.77. The first-order valence-corrected chi connectivity index (χ1v) is 9.25. The van der Waals surface area contributed by atoms with Crippen LogP contribution >= 0.6 is 11.3 Å². The van der Waals surface area contributed by atoms with Crippen molar-refractivity contribution in [3.8, 4) is 0 Å². The van der Waals surface area contributed by atoms with Crippen LogP contribution in [0.25, 0.3) is 0 Å². The fraction of sp³-hybridized carbons (Fsp3) is 0.556. The van der Waals surface area contributed by atoms with Crippen LogP contribution in [0, 0.1) is 13.8 Å². The third-order valence-corrected chi connectivity index (χ3v) is 5.69. The summed E-state index contributed by atoms with van der Waals surface area (Å²) in [4.78, 5) is 15.9. The number of hydrogen-bond acceptors (Lipinski definition) is 4. The van der Waals surface area contributed by atoms with Gasteiger partial charge in [0.2, 0.25) is 0 Å². The van der Waals surface area contributed by atoms with Crippen molar-refractivity contribution in [3.05, 3.63) is 38.8 Å². The van der Waals surface area contributed by atoms with E-state index in [9.17, 15) is 4.79 Å². The number of aryl methyl sites for hydroxylation is 2. The summed E-state index contributed by atoms with van der Waals surface area (Å²) < 4.78 is 7.10. The van der Waals surface area contributed by atoms with Gasteiger partial charge in [-0.2, -0.15) is 5.10 Å². The molecule has 0 aromatic carbocycles. The smallest absolute Gasteiger partial charge is 0.264 e. The van der Waals surface area contributed by atoms with E-state index < -0.39 is 0 Å². The first kappa shape index (κ1) is 17.2. The van der Waals surface area contributed by atoms with Crippen molar-refractivity contribution in [3.63, 3.8) is 0 Å². The Hall–Kier alpha value is -1.66. The van der Waals surface area contributed by atoms with Crippen LogP contribution in [0.4, 0.5) is 0 Å². The van der Waals surface area contributed by atoms with Gasteiger partial charge >= 0.3 is 0 Å². The molecule has 130 valence electrons. The van der Waals surface area contributed by atoms with Gasteiger partial charge in [0.05, 0.1) is 17.2 Å². The maximum absolute atomic E-state index is 13.2. The summed E-state index contributed by atoms with van der Waals surface area (Å²) in [5.41, 5.74) is 4.45. The highest BCUT2D eigenvalue weighted by Crippen LogP contribution is 2.43. The third kappa shape index (κ3) is 3.39. The standard InChI is InChI=1S/C18H25N3O2S/c1-12-16(13(2)20(3)19-12)11-21(8-9-23-4)18(22)17-15(7-10-24-17)14-5-6-14/h7,10,14H,5-6,8-9,11H2,1-4H3. The van der Waals surface area contributed by atoms with Gasteiger partial charge in [0.25, 0.3) is 5.91 Å². The molecular weight excluding hydrogens is 322 g/mol. The van der Waals surface area contributed by atoms with E-state index in [0.29, 0.717) is 25.6 Å². The Balaban J connectivity index is 1.85. The zero-order valence-corrected chi connectivity index (χ0v) is 15.7. The molecule has 2 heterocycles. The molecule has 3 rings (SSSR count). The second-order valence-corrected chi connectivity index (χ2v) is 7.39. The fourth-order valence-corrected chi connectivity index (χ4v) is 3.99. The summed E-state index contributed by atoms with van der Waals surface area (Å²) >= 11 is 1.56. The second-order valence-electron chi connectivity index (χ2n) is 6.47. The van der Waals surface area contributed by atoms with Crippen LogP contribution in [-0.2, 0) is 18.3 Å². The molecule has 1 aliphatic rings. The Bertz CT molecular complexity index is 731. The maximum Gasteiger partial charge on any atom is 0.264 e. The number of ether oxygens (including phenoxy) is 1. The highest BCUT2D eigenvalue weighted by atomic mass is 32.1. The molecule has 24 heavy (non-hydrogen) atoms. The van der Waals surface area contributed by atoms with Crippen LogP contribution in [0.3, 0.4) is 0 Å². The van der Waals surface area contributed by atoms with Crippen LogP contribution in [0.15, 0.2) is 11.4 Å². The Kier molecular flexibility index (Phi) is 5.06. The Labute approximate surface area is 147 Å². The number of rotatable bonds is 7. The lowest BCUT2D eigenvalue weighted by molar-refractivity contribution is 0.0683. The molecule has 1 saturated carbocycles. The molecule has 0 aliphatic heterocycles. The minimum absolute atomic E-state index is 0.117. The van der Waals surface area contributed by atoms with E-state index in [2.05, 4.69) is 18.1 Å². The molecule has 1 amide bonds. The Morgan fingerprint density at radius 1 is 1.46 bits per heavy atom. The predicted molar refractivity (Wildman–Crippen MR) is 95.6 cm³/mol. The number of hydrogen-bond donors (Lipinski definition) is 0. The van der Waals surface area contributed by atoms with Gasteiger partial charge in [-0.15, -0.1) is 11.3 Å². The molecule has 1 fully saturated rings. The largest absolute Gasteiger partial charge is 0.383 e. The van der Waals surface area contributed by atoms with Crippen LogP contribution in [0.1, 0.15) is 50.9 Å². The average Bonchev–Trinajstić information content (AvgIpc) is 3.24. The number of thiophene rings is 1. The highest BCUT2D eigenvalue weighted by Gasteiger charge is 2.31. The van der Waals surface area contributed by atoms with E-state index in [0.717, 1.165) is 21.8 Å². The van der Waals surface area contributed by atoms with Gasteiger partial charge in [0.1, 0.15) is 0 Å². The zero-order valence-electron chi connectivity index (χ0n) is 14.8. The minimum Gasteiger partial charge on any atom is -0.383 e. The SMILES string of the molecule is COCCN(Cc1c(C)nn(C)c1C)C(=O)c1sccc1C1CC1. The van der Waals surface area contributed by atoms with Gasteiger partial charge in [-0.05, 0) is 49.6 Å². The summed E-state index contributed by atoms with van der Waals surface area (Å²) in [6, 6.07) is 2.12. The number of nitrogens with zero attached hydrogens (tertiary/aromatic N) is 3. The van der Waals surface area contributed by atoms with E-state index in [1.54, 1.807) is 18.4 Å². The van der Waals surface area contributed by atoms with E-state index in [1.807, 2.05) is 28.9 Å². The van der Waals surface area contributed by atoms with E-state index in [-0.39, 0.29) is 5.91 Å². The average molecular weight is 347 g/mol. The zero-order chi connectivity index (χ0) is 17.3. The van der Waals surface area contributed by atoms with Crippen molar-refractivity contribution < 1.29 is 9.53 Å². The number of aromatic nitrogens is 2.